The molecule has 0 radical (unpaired) electrons. The van der Waals surface area contributed by atoms with Crippen LogP contribution in [0, 0.1) is 0 Å². The number of amides is 1. The molecule has 0 saturated heterocycles. The number of aromatic nitrogens is 2. The summed E-state index contributed by atoms with van der Waals surface area (Å²) in [6.07, 6.45) is 2.81. The fraction of sp³-hybridized carbons (Fsp3) is 0.333. The van der Waals surface area contributed by atoms with Gasteiger partial charge in [-0.2, -0.15) is 5.10 Å². The lowest BCUT2D eigenvalue weighted by atomic mass is 10.1. The Kier molecular flexibility index (Phi) is 4.65. The van der Waals surface area contributed by atoms with E-state index in [0.29, 0.717) is 16.9 Å². The van der Waals surface area contributed by atoms with Gasteiger partial charge < -0.3 is 5.32 Å². The zero-order valence-electron chi connectivity index (χ0n) is 12.8. The van der Waals surface area contributed by atoms with Crippen molar-refractivity contribution in [1.29, 1.82) is 0 Å². The van der Waals surface area contributed by atoms with Gasteiger partial charge in [-0.15, -0.1) is 0 Å². The molecular formula is C15H19N3O3S. The number of carbonyl (C=O) groups is 1. The molecule has 1 amide bonds. The van der Waals surface area contributed by atoms with Crippen molar-refractivity contribution < 1.29 is 13.2 Å². The van der Waals surface area contributed by atoms with Crippen LogP contribution < -0.4 is 5.32 Å². The molecule has 22 heavy (non-hydrogen) atoms. The van der Waals surface area contributed by atoms with Crippen molar-refractivity contribution in [3.63, 3.8) is 0 Å². The van der Waals surface area contributed by atoms with Gasteiger partial charge in [0, 0.05) is 23.9 Å². The summed E-state index contributed by atoms with van der Waals surface area (Å²) < 4.78 is 24.2. The number of rotatable bonds is 5. The zero-order chi connectivity index (χ0) is 16.3. The van der Waals surface area contributed by atoms with Crippen LogP contribution in [0.4, 0.5) is 5.82 Å². The Morgan fingerprint density at radius 3 is 2.41 bits per heavy atom. The second-order valence-electron chi connectivity index (χ2n) is 5.48. The molecule has 1 N–H and O–H groups in total. The van der Waals surface area contributed by atoms with E-state index < -0.39 is 9.84 Å². The first kappa shape index (κ1) is 16.2. The van der Waals surface area contributed by atoms with E-state index >= 15 is 0 Å². The third kappa shape index (κ3) is 4.17. The Morgan fingerprint density at radius 1 is 1.23 bits per heavy atom. The summed E-state index contributed by atoms with van der Waals surface area (Å²) in [6.45, 7) is 3.95. The van der Waals surface area contributed by atoms with E-state index in [1.54, 1.807) is 41.2 Å². The van der Waals surface area contributed by atoms with Crippen LogP contribution in [0.1, 0.15) is 35.8 Å². The van der Waals surface area contributed by atoms with E-state index in [4.69, 9.17) is 0 Å². The van der Waals surface area contributed by atoms with Crippen LogP contribution in [-0.2, 0) is 15.6 Å². The Bertz CT molecular complexity index is 762. The van der Waals surface area contributed by atoms with Crippen LogP contribution in [0.2, 0.25) is 0 Å². The minimum atomic E-state index is -3.08. The maximum atomic E-state index is 12.2. The van der Waals surface area contributed by atoms with Gasteiger partial charge >= 0.3 is 0 Å². The first-order chi connectivity index (χ1) is 10.3. The molecule has 2 aromatic rings. The Labute approximate surface area is 130 Å². The third-order valence-electron chi connectivity index (χ3n) is 3.05. The second kappa shape index (κ2) is 6.31. The van der Waals surface area contributed by atoms with Gasteiger partial charge in [-0.1, -0.05) is 12.1 Å². The fourth-order valence-electron chi connectivity index (χ4n) is 2.07. The first-order valence-corrected chi connectivity index (χ1v) is 8.94. The Balaban J connectivity index is 2.11. The predicted molar refractivity (Wildman–Crippen MR) is 85.6 cm³/mol. The molecule has 0 atom stereocenters. The molecule has 6 nitrogen and oxygen atoms in total. The molecule has 0 aliphatic rings. The number of hydrogen-bond acceptors (Lipinski definition) is 4. The molecule has 1 aromatic carbocycles. The van der Waals surface area contributed by atoms with Crippen molar-refractivity contribution in [2.45, 2.75) is 25.6 Å². The van der Waals surface area contributed by atoms with Crippen molar-refractivity contribution in [2.24, 2.45) is 0 Å². The molecule has 0 aliphatic heterocycles. The lowest BCUT2D eigenvalue weighted by Crippen LogP contribution is -2.16. The van der Waals surface area contributed by atoms with Crippen LogP contribution in [0.5, 0.6) is 0 Å². The first-order valence-electron chi connectivity index (χ1n) is 6.88. The number of carbonyl (C=O) groups excluding carboxylic acids is 1. The summed E-state index contributed by atoms with van der Waals surface area (Å²) in [4.78, 5) is 12.2. The van der Waals surface area contributed by atoms with E-state index in [9.17, 15) is 13.2 Å². The van der Waals surface area contributed by atoms with Crippen LogP contribution in [-0.4, -0.2) is 30.4 Å². The molecule has 118 valence electrons. The number of sulfone groups is 1. The highest BCUT2D eigenvalue weighted by atomic mass is 32.2. The van der Waals surface area contributed by atoms with Crippen LogP contribution in [0.25, 0.3) is 0 Å². The van der Waals surface area contributed by atoms with Gasteiger partial charge in [0.2, 0.25) is 0 Å². The van der Waals surface area contributed by atoms with Gasteiger partial charge in [0.05, 0.1) is 11.9 Å². The van der Waals surface area contributed by atoms with Gasteiger partial charge in [0.15, 0.2) is 9.84 Å². The zero-order valence-corrected chi connectivity index (χ0v) is 13.6. The summed E-state index contributed by atoms with van der Waals surface area (Å²) in [5, 5.41) is 6.95. The molecule has 0 unspecified atom stereocenters. The molecule has 0 bridgehead atoms. The Hall–Kier alpha value is -2.15. The maximum absolute atomic E-state index is 12.2. The summed E-state index contributed by atoms with van der Waals surface area (Å²) in [5.74, 6) is 0.336. The summed E-state index contributed by atoms with van der Waals surface area (Å²) >= 11 is 0. The van der Waals surface area contributed by atoms with E-state index in [1.165, 1.54) is 6.26 Å². The van der Waals surface area contributed by atoms with Crippen molar-refractivity contribution in [2.75, 3.05) is 11.6 Å². The molecule has 7 heteroatoms. The largest absolute Gasteiger partial charge is 0.307 e. The lowest BCUT2D eigenvalue weighted by molar-refractivity contribution is 0.102. The quantitative estimate of drug-likeness (QED) is 0.916. The average molecular weight is 321 g/mol. The highest BCUT2D eigenvalue weighted by Gasteiger charge is 2.12. The Morgan fingerprint density at radius 2 is 1.86 bits per heavy atom. The van der Waals surface area contributed by atoms with E-state index in [1.807, 2.05) is 13.8 Å². The SMILES string of the molecule is CC(C)n1nccc1NC(=O)c1ccc(CS(C)(=O)=O)cc1. The van der Waals surface area contributed by atoms with Gasteiger partial charge in [0.1, 0.15) is 5.82 Å². The third-order valence-corrected chi connectivity index (χ3v) is 3.90. The summed E-state index contributed by atoms with van der Waals surface area (Å²) in [7, 11) is -3.08. The van der Waals surface area contributed by atoms with Gasteiger partial charge in [-0.25, -0.2) is 13.1 Å². The predicted octanol–water partition coefficient (Wildman–Crippen LogP) is 2.26. The van der Waals surface area contributed by atoms with Crippen molar-refractivity contribution in [3.8, 4) is 0 Å². The summed E-state index contributed by atoms with van der Waals surface area (Å²) in [5.41, 5.74) is 1.13. The second-order valence-corrected chi connectivity index (χ2v) is 7.62. The topological polar surface area (TPSA) is 81.1 Å². The molecule has 0 saturated carbocycles. The highest BCUT2D eigenvalue weighted by molar-refractivity contribution is 7.89. The average Bonchev–Trinajstić information content (AvgIpc) is 2.86. The number of benzene rings is 1. The van der Waals surface area contributed by atoms with Crippen molar-refractivity contribution in [3.05, 3.63) is 47.7 Å². The number of hydrogen-bond donors (Lipinski definition) is 1. The van der Waals surface area contributed by atoms with Crippen LogP contribution in [0.3, 0.4) is 0 Å². The monoisotopic (exact) mass is 321 g/mol. The van der Waals surface area contributed by atoms with E-state index in [2.05, 4.69) is 10.4 Å². The number of nitrogens with zero attached hydrogens (tertiary/aromatic N) is 2. The minimum Gasteiger partial charge on any atom is -0.307 e. The fourth-order valence-corrected chi connectivity index (χ4v) is 2.87. The van der Waals surface area contributed by atoms with Gasteiger partial charge in [0.25, 0.3) is 5.91 Å². The van der Waals surface area contributed by atoms with Crippen LogP contribution >= 0.6 is 0 Å². The minimum absolute atomic E-state index is 0.0327. The maximum Gasteiger partial charge on any atom is 0.256 e. The smallest absolute Gasteiger partial charge is 0.256 e. The van der Waals surface area contributed by atoms with Gasteiger partial charge in [-0.05, 0) is 31.5 Å². The molecule has 1 aromatic heterocycles. The molecule has 0 aliphatic carbocycles. The molecular weight excluding hydrogens is 302 g/mol. The van der Waals surface area contributed by atoms with Crippen LogP contribution in [0.15, 0.2) is 36.5 Å². The normalized spacial score (nSPS) is 11.6. The number of nitrogens with one attached hydrogen (secondary N) is 1. The summed E-state index contributed by atoms with van der Waals surface area (Å²) in [6, 6.07) is 8.40. The van der Waals surface area contributed by atoms with E-state index in [-0.39, 0.29) is 17.7 Å². The molecule has 2 rings (SSSR count). The van der Waals surface area contributed by atoms with Crippen molar-refractivity contribution >= 4 is 21.6 Å². The molecule has 0 fully saturated rings. The van der Waals surface area contributed by atoms with E-state index in [0.717, 1.165) is 0 Å². The highest BCUT2D eigenvalue weighted by Crippen LogP contribution is 2.15. The van der Waals surface area contributed by atoms with Gasteiger partial charge in [-0.3, -0.25) is 4.79 Å². The molecule has 0 spiro atoms. The lowest BCUT2D eigenvalue weighted by Gasteiger charge is -2.12. The molecule has 1 heterocycles. The van der Waals surface area contributed by atoms with Crippen molar-refractivity contribution in [1.82, 2.24) is 9.78 Å². The number of anilines is 1. The standard InChI is InChI=1S/C15H19N3O3S/c1-11(2)18-14(8-9-16-18)17-15(19)13-6-4-12(5-7-13)10-22(3,20)21/h4-9,11H,10H2,1-3H3,(H,17,19).